The fraction of sp³-hybridized carbons (Fsp3) is 0.500. The first-order valence-corrected chi connectivity index (χ1v) is 6.89. The Labute approximate surface area is 108 Å². The fourth-order valence-electron chi connectivity index (χ4n) is 1.93. The van der Waals surface area contributed by atoms with Crippen LogP contribution in [0.25, 0.3) is 0 Å². The number of nitriles is 1. The standard InChI is InChI=1S/C14H19NOS/c1-4-12-9-13(16-3)5-6-14(12)11(2)7-8-17-10-15/h5-6,9,11H,4,7-8H2,1-3H3. The third-order valence-electron chi connectivity index (χ3n) is 2.98. The number of ether oxygens (including phenoxy) is 1. The summed E-state index contributed by atoms with van der Waals surface area (Å²) >= 11 is 1.33. The normalized spacial score (nSPS) is 11.9. The minimum absolute atomic E-state index is 0.497. The molecule has 1 rings (SSSR count). The lowest BCUT2D eigenvalue weighted by Gasteiger charge is -2.16. The van der Waals surface area contributed by atoms with Crippen LogP contribution in [0, 0.1) is 10.7 Å². The molecule has 0 amide bonds. The number of aryl methyl sites for hydroxylation is 1. The smallest absolute Gasteiger partial charge is 0.133 e. The van der Waals surface area contributed by atoms with Crippen molar-refractivity contribution in [2.24, 2.45) is 0 Å². The lowest BCUT2D eigenvalue weighted by atomic mass is 9.92. The first-order valence-electron chi connectivity index (χ1n) is 5.90. The van der Waals surface area contributed by atoms with Gasteiger partial charge in [-0.05, 0) is 53.8 Å². The summed E-state index contributed by atoms with van der Waals surface area (Å²) in [6.45, 7) is 4.38. The molecule has 92 valence electrons. The number of nitrogens with zero attached hydrogens (tertiary/aromatic N) is 1. The van der Waals surface area contributed by atoms with E-state index in [0.717, 1.165) is 24.3 Å². The summed E-state index contributed by atoms with van der Waals surface area (Å²) in [5.41, 5.74) is 2.73. The van der Waals surface area contributed by atoms with E-state index in [2.05, 4.69) is 31.4 Å². The highest BCUT2D eigenvalue weighted by molar-refractivity contribution is 8.03. The maximum atomic E-state index is 8.52. The first-order chi connectivity index (χ1) is 8.22. The van der Waals surface area contributed by atoms with Gasteiger partial charge in [-0.2, -0.15) is 5.26 Å². The largest absolute Gasteiger partial charge is 0.497 e. The number of thioether (sulfide) groups is 1. The van der Waals surface area contributed by atoms with Gasteiger partial charge in [-0.1, -0.05) is 19.9 Å². The van der Waals surface area contributed by atoms with Gasteiger partial charge in [0.25, 0.3) is 0 Å². The molecular weight excluding hydrogens is 230 g/mol. The van der Waals surface area contributed by atoms with Crippen molar-refractivity contribution >= 4 is 11.8 Å². The van der Waals surface area contributed by atoms with Crippen LogP contribution >= 0.6 is 11.8 Å². The summed E-state index contributed by atoms with van der Waals surface area (Å²) in [6, 6.07) is 6.28. The molecule has 0 spiro atoms. The molecule has 17 heavy (non-hydrogen) atoms. The summed E-state index contributed by atoms with van der Waals surface area (Å²) in [7, 11) is 1.70. The summed E-state index contributed by atoms with van der Waals surface area (Å²) in [4.78, 5) is 0. The summed E-state index contributed by atoms with van der Waals surface area (Å²) < 4.78 is 5.24. The van der Waals surface area contributed by atoms with Crippen molar-refractivity contribution in [3.8, 4) is 11.2 Å². The van der Waals surface area contributed by atoms with Crippen LogP contribution < -0.4 is 4.74 Å². The highest BCUT2D eigenvalue weighted by Gasteiger charge is 2.10. The van der Waals surface area contributed by atoms with E-state index in [1.807, 2.05) is 6.07 Å². The van der Waals surface area contributed by atoms with Crippen LogP contribution in [-0.2, 0) is 6.42 Å². The average Bonchev–Trinajstić information content (AvgIpc) is 2.38. The zero-order valence-corrected chi connectivity index (χ0v) is 11.5. The van der Waals surface area contributed by atoms with E-state index in [1.165, 1.54) is 22.9 Å². The van der Waals surface area contributed by atoms with Gasteiger partial charge in [-0.3, -0.25) is 0 Å². The maximum absolute atomic E-state index is 8.52. The monoisotopic (exact) mass is 249 g/mol. The van der Waals surface area contributed by atoms with Gasteiger partial charge in [0.05, 0.1) is 7.11 Å². The van der Waals surface area contributed by atoms with Crippen LogP contribution in [-0.4, -0.2) is 12.9 Å². The molecule has 0 aliphatic carbocycles. The van der Waals surface area contributed by atoms with Gasteiger partial charge in [-0.15, -0.1) is 0 Å². The lowest BCUT2D eigenvalue weighted by Crippen LogP contribution is -2.00. The molecule has 0 saturated heterocycles. The van der Waals surface area contributed by atoms with Gasteiger partial charge in [0.2, 0.25) is 0 Å². The van der Waals surface area contributed by atoms with E-state index in [4.69, 9.17) is 10.00 Å². The van der Waals surface area contributed by atoms with Crippen LogP contribution in [0.15, 0.2) is 18.2 Å². The molecule has 0 aliphatic rings. The van der Waals surface area contributed by atoms with E-state index in [1.54, 1.807) is 7.11 Å². The zero-order chi connectivity index (χ0) is 12.7. The third-order valence-corrected chi connectivity index (χ3v) is 3.55. The van der Waals surface area contributed by atoms with Gasteiger partial charge < -0.3 is 4.74 Å². The highest BCUT2D eigenvalue weighted by Crippen LogP contribution is 2.27. The molecule has 3 heteroatoms. The van der Waals surface area contributed by atoms with E-state index in [0.29, 0.717) is 5.92 Å². The number of methoxy groups -OCH3 is 1. The Hall–Kier alpha value is -1.14. The second-order valence-corrected chi connectivity index (χ2v) is 4.93. The Bertz CT molecular complexity index is 398. The predicted octanol–water partition coefficient (Wildman–Crippen LogP) is 3.97. The van der Waals surface area contributed by atoms with Crippen molar-refractivity contribution in [1.29, 1.82) is 5.26 Å². The lowest BCUT2D eigenvalue weighted by molar-refractivity contribution is 0.414. The van der Waals surface area contributed by atoms with Crippen LogP contribution in [0.2, 0.25) is 0 Å². The van der Waals surface area contributed by atoms with E-state index < -0.39 is 0 Å². The Morgan fingerprint density at radius 3 is 2.82 bits per heavy atom. The molecule has 0 saturated carbocycles. The second-order valence-electron chi connectivity index (χ2n) is 4.05. The van der Waals surface area contributed by atoms with Crippen LogP contribution in [0.4, 0.5) is 0 Å². The van der Waals surface area contributed by atoms with Crippen molar-refractivity contribution in [3.05, 3.63) is 29.3 Å². The molecule has 0 fully saturated rings. The van der Waals surface area contributed by atoms with Crippen molar-refractivity contribution in [2.45, 2.75) is 32.6 Å². The fourth-order valence-corrected chi connectivity index (χ4v) is 2.50. The van der Waals surface area contributed by atoms with Gasteiger partial charge in [0.1, 0.15) is 11.2 Å². The van der Waals surface area contributed by atoms with E-state index >= 15 is 0 Å². The number of rotatable bonds is 6. The molecule has 0 bridgehead atoms. The van der Waals surface area contributed by atoms with Gasteiger partial charge >= 0.3 is 0 Å². The van der Waals surface area contributed by atoms with Gasteiger partial charge in [0, 0.05) is 5.75 Å². The minimum atomic E-state index is 0.497. The third kappa shape index (κ3) is 3.98. The molecule has 0 heterocycles. The number of thiocyanates is 1. The van der Waals surface area contributed by atoms with Crippen LogP contribution in [0.3, 0.4) is 0 Å². The van der Waals surface area contributed by atoms with Crippen molar-refractivity contribution in [3.63, 3.8) is 0 Å². The van der Waals surface area contributed by atoms with Crippen LogP contribution in [0.1, 0.15) is 37.3 Å². The second kappa shape index (κ2) is 7.24. The summed E-state index contributed by atoms with van der Waals surface area (Å²) in [5.74, 6) is 2.31. The van der Waals surface area contributed by atoms with E-state index in [9.17, 15) is 0 Å². The number of hydrogen-bond donors (Lipinski definition) is 0. The Morgan fingerprint density at radius 1 is 1.47 bits per heavy atom. The molecule has 1 unspecified atom stereocenters. The molecule has 0 N–H and O–H groups in total. The summed E-state index contributed by atoms with van der Waals surface area (Å²) in [6.07, 6.45) is 2.06. The van der Waals surface area contributed by atoms with Crippen molar-refractivity contribution in [1.82, 2.24) is 0 Å². The van der Waals surface area contributed by atoms with Gasteiger partial charge in [0.15, 0.2) is 0 Å². The molecular formula is C14H19NOS. The zero-order valence-electron chi connectivity index (χ0n) is 10.7. The molecule has 0 aliphatic heterocycles. The maximum Gasteiger partial charge on any atom is 0.133 e. The molecule has 1 atom stereocenters. The quantitative estimate of drug-likeness (QED) is 0.565. The first kappa shape index (κ1) is 13.9. The highest BCUT2D eigenvalue weighted by atomic mass is 32.2. The van der Waals surface area contributed by atoms with Crippen LogP contribution in [0.5, 0.6) is 5.75 Å². The van der Waals surface area contributed by atoms with Crippen molar-refractivity contribution in [2.75, 3.05) is 12.9 Å². The Balaban J connectivity index is 2.78. The molecule has 1 aromatic rings. The van der Waals surface area contributed by atoms with Crippen molar-refractivity contribution < 1.29 is 4.74 Å². The average molecular weight is 249 g/mol. The van der Waals surface area contributed by atoms with Gasteiger partial charge in [-0.25, -0.2) is 0 Å². The predicted molar refractivity (Wildman–Crippen MR) is 73.5 cm³/mol. The number of hydrogen-bond acceptors (Lipinski definition) is 3. The Morgan fingerprint density at radius 2 is 2.24 bits per heavy atom. The number of benzene rings is 1. The molecule has 0 aromatic heterocycles. The topological polar surface area (TPSA) is 33.0 Å². The molecule has 1 aromatic carbocycles. The minimum Gasteiger partial charge on any atom is -0.497 e. The molecule has 2 nitrogen and oxygen atoms in total. The SMILES string of the molecule is CCc1cc(OC)ccc1C(C)CCSC#N. The Kier molecular flexibility index (Phi) is 5.93. The molecule has 0 radical (unpaired) electrons. The van der Waals surface area contributed by atoms with E-state index in [-0.39, 0.29) is 0 Å². The summed E-state index contributed by atoms with van der Waals surface area (Å²) in [5, 5.41) is 10.6.